The third-order valence-corrected chi connectivity index (χ3v) is 2.54. The molecule has 0 spiro atoms. The molecule has 5 heteroatoms. The molecule has 0 radical (unpaired) electrons. The van der Waals surface area contributed by atoms with E-state index in [-0.39, 0.29) is 5.69 Å². The Morgan fingerprint density at radius 3 is 2.42 bits per heavy atom. The van der Waals surface area contributed by atoms with Gasteiger partial charge >= 0.3 is 6.09 Å². The van der Waals surface area contributed by atoms with Gasteiger partial charge in [0.05, 0.1) is 5.52 Å². The average molecular weight is 260 g/mol. The number of ether oxygens (including phenoxy) is 1. The number of benzene rings is 1. The van der Waals surface area contributed by atoms with Gasteiger partial charge in [-0.2, -0.15) is 0 Å². The summed E-state index contributed by atoms with van der Waals surface area (Å²) in [7, 11) is 0. The second-order valence-corrected chi connectivity index (χ2v) is 5.27. The standard InChI is InChI=1S/C14H16N2O3/c1-14(2,3)19-13(18)16-10-7-5-4-6-9(10)8-11(16)12(15)17/h4-8H,1-3H3,(H2,15,17). The Morgan fingerprint density at radius 2 is 1.84 bits per heavy atom. The van der Waals surface area contributed by atoms with E-state index in [0.717, 1.165) is 5.39 Å². The van der Waals surface area contributed by atoms with Crippen molar-refractivity contribution in [1.82, 2.24) is 4.57 Å². The molecule has 0 fully saturated rings. The molecule has 0 aliphatic rings. The molecule has 19 heavy (non-hydrogen) atoms. The second kappa shape index (κ2) is 4.42. The minimum Gasteiger partial charge on any atom is -0.443 e. The molecule has 1 amide bonds. The fraction of sp³-hybridized carbons (Fsp3) is 0.286. The maximum atomic E-state index is 12.2. The zero-order valence-electron chi connectivity index (χ0n) is 11.1. The maximum absolute atomic E-state index is 12.2. The van der Waals surface area contributed by atoms with Gasteiger partial charge < -0.3 is 10.5 Å². The highest BCUT2D eigenvalue weighted by molar-refractivity contribution is 6.03. The van der Waals surface area contributed by atoms with Crippen molar-refractivity contribution in [2.24, 2.45) is 5.73 Å². The summed E-state index contributed by atoms with van der Waals surface area (Å²) in [6.07, 6.45) is -0.609. The van der Waals surface area contributed by atoms with Crippen molar-refractivity contribution in [3.63, 3.8) is 0 Å². The van der Waals surface area contributed by atoms with E-state index in [0.29, 0.717) is 5.52 Å². The molecular formula is C14H16N2O3. The lowest BCUT2D eigenvalue weighted by Crippen LogP contribution is -2.29. The Kier molecular flexibility index (Phi) is 3.06. The predicted molar refractivity (Wildman–Crippen MR) is 72.1 cm³/mol. The lowest BCUT2D eigenvalue weighted by atomic mass is 10.2. The van der Waals surface area contributed by atoms with Gasteiger partial charge in [0.25, 0.3) is 5.91 Å². The van der Waals surface area contributed by atoms with Crippen LogP contribution in [0.1, 0.15) is 31.3 Å². The SMILES string of the molecule is CC(C)(C)OC(=O)n1c(C(N)=O)cc2ccccc21. The van der Waals surface area contributed by atoms with Crippen molar-refractivity contribution in [2.75, 3.05) is 0 Å². The van der Waals surface area contributed by atoms with E-state index in [4.69, 9.17) is 10.5 Å². The van der Waals surface area contributed by atoms with Gasteiger partial charge in [-0.05, 0) is 32.9 Å². The van der Waals surface area contributed by atoms with E-state index in [9.17, 15) is 9.59 Å². The van der Waals surface area contributed by atoms with Crippen molar-refractivity contribution in [2.45, 2.75) is 26.4 Å². The van der Waals surface area contributed by atoms with Crippen LogP contribution >= 0.6 is 0 Å². The van der Waals surface area contributed by atoms with Crippen LogP contribution in [0.5, 0.6) is 0 Å². The van der Waals surface area contributed by atoms with Crippen LogP contribution in [-0.4, -0.2) is 22.2 Å². The lowest BCUT2D eigenvalue weighted by Gasteiger charge is -2.20. The summed E-state index contributed by atoms with van der Waals surface area (Å²) in [4.78, 5) is 23.6. The highest BCUT2D eigenvalue weighted by Crippen LogP contribution is 2.21. The summed E-state index contributed by atoms with van der Waals surface area (Å²) >= 11 is 0. The summed E-state index contributed by atoms with van der Waals surface area (Å²) in [5.41, 5.74) is 5.39. The number of amides is 1. The average Bonchev–Trinajstić information content (AvgIpc) is 2.65. The Morgan fingerprint density at radius 1 is 1.21 bits per heavy atom. The minimum atomic E-state index is -0.665. The fourth-order valence-corrected chi connectivity index (χ4v) is 1.84. The summed E-state index contributed by atoms with van der Waals surface area (Å²) < 4.78 is 6.51. The molecule has 0 bridgehead atoms. The number of aromatic nitrogens is 1. The topological polar surface area (TPSA) is 74.3 Å². The third-order valence-electron chi connectivity index (χ3n) is 2.54. The first-order chi connectivity index (χ1) is 8.79. The molecule has 0 aliphatic carbocycles. The smallest absolute Gasteiger partial charge is 0.419 e. The molecule has 1 aromatic heterocycles. The minimum absolute atomic E-state index is 0.121. The number of nitrogens with two attached hydrogens (primary N) is 1. The zero-order valence-corrected chi connectivity index (χ0v) is 11.1. The molecular weight excluding hydrogens is 244 g/mol. The Balaban J connectivity index is 2.60. The van der Waals surface area contributed by atoms with Gasteiger partial charge in [-0.1, -0.05) is 18.2 Å². The van der Waals surface area contributed by atoms with Crippen LogP contribution in [0.4, 0.5) is 4.79 Å². The predicted octanol–water partition coefficient (Wildman–Crippen LogP) is 2.52. The number of hydrogen-bond acceptors (Lipinski definition) is 3. The van der Waals surface area contributed by atoms with Crippen LogP contribution in [0.15, 0.2) is 30.3 Å². The molecule has 0 aliphatic heterocycles. The maximum Gasteiger partial charge on any atom is 0.419 e. The number of nitrogens with zero attached hydrogens (tertiary/aromatic N) is 1. The molecule has 2 N–H and O–H groups in total. The van der Waals surface area contributed by atoms with Gasteiger partial charge in [0.2, 0.25) is 0 Å². The van der Waals surface area contributed by atoms with Crippen LogP contribution in [0.25, 0.3) is 10.9 Å². The van der Waals surface area contributed by atoms with E-state index >= 15 is 0 Å². The van der Waals surface area contributed by atoms with Crippen LogP contribution in [-0.2, 0) is 4.74 Å². The van der Waals surface area contributed by atoms with Gasteiger partial charge in [0.1, 0.15) is 11.3 Å². The van der Waals surface area contributed by atoms with Crippen molar-refractivity contribution in [1.29, 1.82) is 0 Å². The van der Waals surface area contributed by atoms with Gasteiger partial charge in [-0.25, -0.2) is 9.36 Å². The summed E-state index contributed by atoms with van der Waals surface area (Å²) in [5.74, 6) is -0.665. The van der Waals surface area contributed by atoms with E-state index in [1.54, 1.807) is 39.0 Å². The number of para-hydroxylation sites is 1. The first kappa shape index (κ1) is 13.1. The van der Waals surface area contributed by atoms with E-state index in [2.05, 4.69) is 0 Å². The molecule has 2 aromatic rings. The van der Waals surface area contributed by atoms with E-state index < -0.39 is 17.6 Å². The monoisotopic (exact) mass is 260 g/mol. The molecule has 100 valence electrons. The summed E-state index contributed by atoms with van der Waals surface area (Å²) in [5, 5.41) is 0.766. The number of fused-ring (bicyclic) bond motifs is 1. The molecule has 0 saturated heterocycles. The van der Waals surface area contributed by atoms with Crippen LogP contribution in [0, 0.1) is 0 Å². The van der Waals surface area contributed by atoms with Crippen molar-refractivity contribution in [3.05, 3.63) is 36.0 Å². The quantitative estimate of drug-likeness (QED) is 0.856. The lowest BCUT2D eigenvalue weighted by molar-refractivity contribution is 0.0535. The Labute approximate surface area is 110 Å². The first-order valence-corrected chi connectivity index (χ1v) is 5.93. The molecule has 0 saturated carbocycles. The number of rotatable bonds is 1. The highest BCUT2D eigenvalue weighted by Gasteiger charge is 2.23. The van der Waals surface area contributed by atoms with Crippen molar-refractivity contribution >= 4 is 22.9 Å². The highest BCUT2D eigenvalue weighted by atomic mass is 16.6. The molecule has 2 rings (SSSR count). The van der Waals surface area contributed by atoms with Crippen molar-refractivity contribution < 1.29 is 14.3 Å². The van der Waals surface area contributed by atoms with E-state index in [1.165, 1.54) is 4.57 Å². The number of hydrogen-bond donors (Lipinski definition) is 1. The largest absolute Gasteiger partial charge is 0.443 e. The van der Waals surface area contributed by atoms with Crippen molar-refractivity contribution in [3.8, 4) is 0 Å². The van der Waals surface area contributed by atoms with Gasteiger partial charge in [0, 0.05) is 5.39 Å². The Bertz CT molecular complexity index is 650. The van der Waals surface area contributed by atoms with E-state index in [1.807, 2.05) is 12.1 Å². The zero-order chi connectivity index (χ0) is 14.2. The summed E-state index contributed by atoms with van der Waals surface area (Å²) in [6, 6.07) is 8.75. The Hall–Kier alpha value is -2.30. The molecule has 5 nitrogen and oxygen atoms in total. The fourth-order valence-electron chi connectivity index (χ4n) is 1.84. The number of carbonyl (C=O) groups excluding carboxylic acids is 2. The number of primary amides is 1. The molecule has 0 atom stereocenters. The third kappa shape index (κ3) is 2.59. The van der Waals surface area contributed by atoms with Crippen LogP contribution in [0.2, 0.25) is 0 Å². The van der Waals surface area contributed by atoms with Crippen LogP contribution < -0.4 is 5.73 Å². The number of carbonyl (C=O) groups is 2. The second-order valence-electron chi connectivity index (χ2n) is 5.27. The van der Waals surface area contributed by atoms with Gasteiger partial charge in [0.15, 0.2) is 0 Å². The molecule has 0 unspecified atom stereocenters. The normalized spacial score (nSPS) is 11.5. The van der Waals surface area contributed by atoms with Crippen LogP contribution in [0.3, 0.4) is 0 Å². The van der Waals surface area contributed by atoms with Gasteiger partial charge in [-0.3, -0.25) is 4.79 Å². The van der Waals surface area contributed by atoms with Gasteiger partial charge in [-0.15, -0.1) is 0 Å². The first-order valence-electron chi connectivity index (χ1n) is 5.93. The molecule has 1 heterocycles. The molecule has 1 aromatic carbocycles. The summed E-state index contributed by atoms with van der Waals surface area (Å²) in [6.45, 7) is 5.29.